The third-order valence-electron chi connectivity index (χ3n) is 2.77. The van der Waals surface area contributed by atoms with Gasteiger partial charge in [0.05, 0.1) is 5.56 Å². The third kappa shape index (κ3) is 1.98. The van der Waals surface area contributed by atoms with Gasteiger partial charge in [-0.2, -0.15) is 0 Å². The van der Waals surface area contributed by atoms with Crippen molar-refractivity contribution in [1.29, 1.82) is 0 Å². The number of aryl methyl sites for hydroxylation is 1. The lowest BCUT2D eigenvalue weighted by molar-refractivity contribution is 0.0971. The fraction of sp³-hybridized carbons (Fsp3) is 0.231. The fourth-order valence-corrected chi connectivity index (χ4v) is 2.57. The molecular formula is C13H12F2OS. The van der Waals surface area contributed by atoms with Gasteiger partial charge in [-0.15, -0.1) is 11.3 Å². The van der Waals surface area contributed by atoms with Gasteiger partial charge in [0.1, 0.15) is 17.2 Å². The zero-order valence-corrected chi connectivity index (χ0v) is 10.3. The number of hydrogen-bond acceptors (Lipinski definition) is 2. The van der Waals surface area contributed by atoms with Crippen molar-refractivity contribution < 1.29 is 13.9 Å². The van der Waals surface area contributed by atoms with Crippen LogP contribution in [-0.4, -0.2) is 5.11 Å². The molecule has 0 fully saturated rings. The second-order valence-corrected chi connectivity index (χ2v) is 5.05. The maximum absolute atomic E-state index is 14.0. The second kappa shape index (κ2) is 4.20. The summed E-state index contributed by atoms with van der Waals surface area (Å²) in [6.07, 6.45) is 0. The first-order chi connectivity index (χ1) is 7.94. The molecule has 2 aromatic rings. The second-order valence-electron chi connectivity index (χ2n) is 4.10. The van der Waals surface area contributed by atoms with Crippen molar-refractivity contribution in [2.24, 2.45) is 0 Å². The molecule has 0 aliphatic rings. The molecular weight excluding hydrogens is 242 g/mol. The lowest BCUT2D eigenvalue weighted by Crippen LogP contribution is -2.25. The van der Waals surface area contributed by atoms with Crippen LogP contribution >= 0.6 is 11.3 Å². The minimum Gasteiger partial charge on any atom is -0.380 e. The molecule has 1 heterocycles. The van der Waals surface area contributed by atoms with Crippen LogP contribution in [0.5, 0.6) is 0 Å². The Kier molecular flexibility index (Phi) is 3.02. The summed E-state index contributed by atoms with van der Waals surface area (Å²) in [5, 5.41) is 12.1. The molecule has 2 rings (SSSR count). The number of halogens is 2. The first kappa shape index (κ1) is 12.2. The maximum atomic E-state index is 14.0. The summed E-state index contributed by atoms with van der Waals surface area (Å²) in [5.74, 6) is -1.42. The highest BCUT2D eigenvalue weighted by atomic mass is 32.1. The molecule has 0 amide bonds. The van der Waals surface area contributed by atoms with E-state index in [0.29, 0.717) is 10.4 Å². The minimum atomic E-state index is -1.64. The van der Waals surface area contributed by atoms with Gasteiger partial charge < -0.3 is 5.11 Å². The maximum Gasteiger partial charge on any atom is 0.135 e. The van der Waals surface area contributed by atoms with E-state index in [1.54, 1.807) is 24.4 Å². The number of thiophene rings is 1. The molecule has 0 bridgehead atoms. The number of benzene rings is 1. The van der Waals surface area contributed by atoms with Crippen LogP contribution in [0.4, 0.5) is 8.78 Å². The van der Waals surface area contributed by atoms with Crippen molar-refractivity contribution in [2.75, 3.05) is 0 Å². The Balaban J connectivity index is 2.65. The van der Waals surface area contributed by atoms with Crippen LogP contribution in [0.3, 0.4) is 0 Å². The Morgan fingerprint density at radius 3 is 2.53 bits per heavy atom. The number of rotatable bonds is 2. The molecule has 90 valence electrons. The minimum absolute atomic E-state index is 0.292. The van der Waals surface area contributed by atoms with Crippen LogP contribution in [0.1, 0.15) is 22.9 Å². The quantitative estimate of drug-likeness (QED) is 0.868. The van der Waals surface area contributed by atoms with Gasteiger partial charge in [-0.05, 0) is 36.9 Å². The summed E-state index contributed by atoms with van der Waals surface area (Å²) in [7, 11) is 0. The lowest BCUT2D eigenvalue weighted by atomic mass is 9.92. The van der Waals surface area contributed by atoms with Crippen molar-refractivity contribution in [3.05, 3.63) is 57.3 Å². The van der Waals surface area contributed by atoms with Crippen LogP contribution in [0.2, 0.25) is 0 Å². The molecule has 4 heteroatoms. The van der Waals surface area contributed by atoms with Crippen LogP contribution in [-0.2, 0) is 5.60 Å². The average molecular weight is 254 g/mol. The molecule has 0 spiro atoms. The van der Waals surface area contributed by atoms with E-state index in [4.69, 9.17) is 0 Å². The molecule has 1 unspecified atom stereocenters. The SMILES string of the molecule is Cc1ccc(F)c(C(C)(O)c2cccs2)c1F. The molecule has 1 atom stereocenters. The van der Waals surface area contributed by atoms with E-state index in [0.717, 1.165) is 0 Å². The summed E-state index contributed by atoms with van der Waals surface area (Å²) in [5.41, 5.74) is -1.62. The van der Waals surface area contributed by atoms with Crippen molar-refractivity contribution in [2.45, 2.75) is 19.4 Å². The molecule has 0 aliphatic carbocycles. The summed E-state index contributed by atoms with van der Waals surface area (Å²) in [6, 6.07) is 5.93. The highest BCUT2D eigenvalue weighted by molar-refractivity contribution is 7.10. The topological polar surface area (TPSA) is 20.2 Å². The average Bonchev–Trinajstić information content (AvgIpc) is 2.77. The van der Waals surface area contributed by atoms with Gasteiger partial charge in [0.25, 0.3) is 0 Å². The van der Waals surface area contributed by atoms with Gasteiger partial charge in [-0.1, -0.05) is 12.1 Å². The molecule has 0 aliphatic heterocycles. The number of hydrogen-bond donors (Lipinski definition) is 1. The highest BCUT2D eigenvalue weighted by Gasteiger charge is 2.33. The molecule has 0 saturated carbocycles. The van der Waals surface area contributed by atoms with Crippen LogP contribution in [0.15, 0.2) is 29.6 Å². The van der Waals surface area contributed by atoms with E-state index in [2.05, 4.69) is 0 Å². The van der Waals surface area contributed by atoms with Crippen molar-refractivity contribution in [3.8, 4) is 0 Å². The monoisotopic (exact) mass is 254 g/mol. The molecule has 1 nitrogen and oxygen atoms in total. The molecule has 1 aromatic heterocycles. The summed E-state index contributed by atoms with van der Waals surface area (Å²) in [4.78, 5) is 0.515. The van der Waals surface area contributed by atoms with Crippen molar-refractivity contribution in [1.82, 2.24) is 0 Å². The van der Waals surface area contributed by atoms with E-state index >= 15 is 0 Å². The molecule has 0 radical (unpaired) electrons. The highest BCUT2D eigenvalue weighted by Crippen LogP contribution is 2.36. The van der Waals surface area contributed by atoms with Gasteiger partial charge in [0.15, 0.2) is 0 Å². The van der Waals surface area contributed by atoms with E-state index in [1.807, 2.05) is 0 Å². The Labute approximate surface area is 102 Å². The Morgan fingerprint density at radius 2 is 1.94 bits per heavy atom. The van der Waals surface area contributed by atoms with Crippen molar-refractivity contribution in [3.63, 3.8) is 0 Å². The van der Waals surface area contributed by atoms with Gasteiger partial charge in [0.2, 0.25) is 0 Å². The zero-order valence-electron chi connectivity index (χ0n) is 9.50. The first-order valence-corrected chi connectivity index (χ1v) is 6.04. The van der Waals surface area contributed by atoms with Gasteiger partial charge >= 0.3 is 0 Å². The van der Waals surface area contributed by atoms with Crippen molar-refractivity contribution >= 4 is 11.3 Å². The van der Waals surface area contributed by atoms with Crippen LogP contribution < -0.4 is 0 Å². The fourth-order valence-electron chi connectivity index (χ4n) is 1.78. The molecule has 17 heavy (non-hydrogen) atoms. The third-order valence-corrected chi connectivity index (χ3v) is 3.85. The summed E-state index contributed by atoms with van der Waals surface area (Å²) >= 11 is 1.26. The number of aliphatic hydroxyl groups is 1. The lowest BCUT2D eigenvalue weighted by Gasteiger charge is -2.24. The van der Waals surface area contributed by atoms with Crippen LogP contribution in [0.25, 0.3) is 0 Å². The van der Waals surface area contributed by atoms with Crippen LogP contribution in [0, 0.1) is 18.6 Å². The summed E-state index contributed by atoms with van der Waals surface area (Å²) in [6.45, 7) is 2.95. The zero-order chi connectivity index (χ0) is 12.6. The van der Waals surface area contributed by atoms with Gasteiger partial charge in [-0.25, -0.2) is 8.78 Å². The molecule has 0 saturated heterocycles. The van der Waals surface area contributed by atoms with E-state index in [1.165, 1.54) is 30.4 Å². The molecule has 1 N–H and O–H groups in total. The predicted molar refractivity (Wildman–Crippen MR) is 64.1 cm³/mol. The smallest absolute Gasteiger partial charge is 0.135 e. The van der Waals surface area contributed by atoms with E-state index < -0.39 is 17.2 Å². The van der Waals surface area contributed by atoms with Gasteiger partial charge in [-0.3, -0.25) is 0 Å². The van der Waals surface area contributed by atoms with Gasteiger partial charge in [0, 0.05) is 4.88 Å². The Hall–Kier alpha value is -1.26. The standard InChI is InChI=1S/C13H12F2OS/c1-8-5-6-9(14)11(12(8)15)13(2,16)10-4-3-7-17-10/h3-7,16H,1-2H3. The Bertz CT molecular complexity index is 533. The van der Waals surface area contributed by atoms with E-state index in [9.17, 15) is 13.9 Å². The predicted octanol–water partition coefficient (Wildman–Crippen LogP) is 3.59. The Morgan fingerprint density at radius 1 is 1.24 bits per heavy atom. The normalized spacial score (nSPS) is 14.6. The molecule has 1 aromatic carbocycles. The largest absolute Gasteiger partial charge is 0.380 e. The first-order valence-electron chi connectivity index (χ1n) is 5.16. The summed E-state index contributed by atoms with van der Waals surface area (Å²) < 4.78 is 27.7. The van der Waals surface area contributed by atoms with E-state index in [-0.39, 0.29) is 5.56 Å².